The topological polar surface area (TPSA) is 20.2 Å². The lowest BCUT2D eigenvalue weighted by molar-refractivity contribution is -0.165. The average molecular weight is 186 g/mol. The fraction of sp³-hybridized carbons (Fsp3) is 1.00. The van der Waals surface area contributed by atoms with E-state index in [1.807, 2.05) is 0 Å². The first kappa shape index (κ1) is 8.89. The van der Waals surface area contributed by atoms with Crippen LogP contribution in [-0.2, 0) is 0 Å². The van der Waals surface area contributed by atoms with Gasteiger partial charge in [0.2, 0.25) is 0 Å². The molecule has 0 saturated heterocycles. The predicted molar refractivity (Wildman–Crippen MR) is 53.3 cm³/mol. The molecule has 3 rings (SSSR count). The quantitative estimate of drug-likeness (QED) is 0.600. The van der Waals surface area contributed by atoms with E-state index in [9.17, 15) is 5.11 Å². The van der Waals surface area contributed by atoms with Crippen LogP contribution in [-0.4, -0.2) is 17.0 Å². The van der Waals surface area contributed by atoms with Crippen LogP contribution in [0.2, 0.25) is 0 Å². The number of hydrogen-bond acceptors (Lipinski definition) is 2. The summed E-state index contributed by atoms with van der Waals surface area (Å²) in [6.07, 6.45) is 2.17. The second-order valence-corrected chi connectivity index (χ2v) is 5.38. The zero-order chi connectivity index (χ0) is 8.93. The standard InChI is InChI=1S/C10H18OS/c1-10(2)7-4-8(10)9(11)3-6(7)5-12/h6-9,11-12H,3-5H2,1-2H3. The van der Waals surface area contributed by atoms with Crippen LogP contribution in [0, 0.1) is 23.2 Å². The molecule has 0 aromatic carbocycles. The first-order valence-electron chi connectivity index (χ1n) is 4.86. The molecule has 3 saturated carbocycles. The van der Waals surface area contributed by atoms with Crippen molar-refractivity contribution in [3.05, 3.63) is 0 Å². The SMILES string of the molecule is CC1(C)C2CC1C(CS)CC2O. The summed E-state index contributed by atoms with van der Waals surface area (Å²) < 4.78 is 0. The minimum Gasteiger partial charge on any atom is -0.393 e. The van der Waals surface area contributed by atoms with Crippen molar-refractivity contribution in [1.29, 1.82) is 0 Å². The number of aliphatic hydroxyl groups is 1. The Morgan fingerprint density at radius 2 is 2.00 bits per heavy atom. The van der Waals surface area contributed by atoms with Crippen molar-refractivity contribution in [2.45, 2.75) is 32.8 Å². The molecule has 1 nitrogen and oxygen atoms in total. The number of fused-ring (bicyclic) bond motifs is 2. The minimum atomic E-state index is -0.0536. The molecule has 4 atom stereocenters. The van der Waals surface area contributed by atoms with Crippen molar-refractivity contribution in [1.82, 2.24) is 0 Å². The van der Waals surface area contributed by atoms with Crippen LogP contribution in [0.3, 0.4) is 0 Å². The van der Waals surface area contributed by atoms with Gasteiger partial charge in [-0.15, -0.1) is 0 Å². The lowest BCUT2D eigenvalue weighted by atomic mass is 9.45. The van der Waals surface area contributed by atoms with E-state index in [4.69, 9.17) is 0 Å². The van der Waals surface area contributed by atoms with Crippen LogP contribution in [0.1, 0.15) is 26.7 Å². The molecule has 0 amide bonds. The van der Waals surface area contributed by atoms with E-state index >= 15 is 0 Å². The highest BCUT2D eigenvalue weighted by molar-refractivity contribution is 7.80. The summed E-state index contributed by atoms with van der Waals surface area (Å²) in [5.74, 6) is 2.99. The van der Waals surface area contributed by atoms with E-state index in [0.29, 0.717) is 17.3 Å². The first-order chi connectivity index (χ1) is 5.57. The van der Waals surface area contributed by atoms with Crippen molar-refractivity contribution >= 4 is 12.6 Å². The molecule has 70 valence electrons. The van der Waals surface area contributed by atoms with Gasteiger partial charge in [-0.05, 0) is 41.8 Å². The van der Waals surface area contributed by atoms with Gasteiger partial charge in [-0.1, -0.05) is 13.8 Å². The Kier molecular flexibility index (Phi) is 1.96. The summed E-state index contributed by atoms with van der Waals surface area (Å²) in [6.45, 7) is 4.59. The van der Waals surface area contributed by atoms with E-state index in [2.05, 4.69) is 26.5 Å². The van der Waals surface area contributed by atoms with Crippen molar-refractivity contribution in [3.8, 4) is 0 Å². The maximum atomic E-state index is 9.82. The molecule has 0 aromatic rings. The van der Waals surface area contributed by atoms with Crippen LogP contribution >= 0.6 is 12.6 Å². The van der Waals surface area contributed by atoms with E-state index in [-0.39, 0.29) is 6.10 Å². The molecular formula is C10H18OS. The van der Waals surface area contributed by atoms with Gasteiger partial charge in [0.05, 0.1) is 6.10 Å². The molecule has 2 heteroatoms. The predicted octanol–water partition coefficient (Wildman–Crippen LogP) is 1.96. The number of rotatable bonds is 1. The monoisotopic (exact) mass is 186 g/mol. The Labute approximate surface area is 80.0 Å². The van der Waals surface area contributed by atoms with Crippen molar-refractivity contribution in [2.24, 2.45) is 23.2 Å². The Bertz CT molecular complexity index is 190. The van der Waals surface area contributed by atoms with Gasteiger partial charge < -0.3 is 5.11 Å². The molecule has 0 radical (unpaired) electrons. The van der Waals surface area contributed by atoms with Gasteiger partial charge in [-0.3, -0.25) is 0 Å². The minimum absolute atomic E-state index is 0.0536. The molecule has 0 spiro atoms. The second kappa shape index (κ2) is 2.65. The lowest BCUT2D eigenvalue weighted by Crippen LogP contribution is -2.59. The molecule has 3 fully saturated rings. The smallest absolute Gasteiger partial charge is 0.0576 e. The summed E-state index contributed by atoms with van der Waals surface area (Å²) >= 11 is 4.35. The molecular weight excluding hydrogens is 168 g/mol. The third kappa shape index (κ3) is 0.973. The number of hydrogen-bond donors (Lipinski definition) is 2. The average Bonchev–Trinajstić information content (AvgIpc) is 2.02. The van der Waals surface area contributed by atoms with Gasteiger partial charge in [0.1, 0.15) is 0 Å². The third-order valence-electron chi connectivity index (χ3n) is 4.23. The Morgan fingerprint density at radius 3 is 2.42 bits per heavy atom. The van der Waals surface area contributed by atoms with Crippen molar-refractivity contribution in [3.63, 3.8) is 0 Å². The van der Waals surface area contributed by atoms with E-state index in [1.165, 1.54) is 6.42 Å². The van der Waals surface area contributed by atoms with Crippen LogP contribution < -0.4 is 0 Å². The van der Waals surface area contributed by atoms with E-state index < -0.39 is 0 Å². The third-order valence-corrected chi connectivity index (χ3v) is 4.70. The van der Waals surface area contributed by atoms with Gasteiger partial charge in [0.15, 0.2) is 0 Å². The molecule has 0 aliphatic heterocycles. The van der Waals surface area contributed by atoms with Crippen LogP contribution in [0.15, 0.2) is 0 Å². The van der Waals surface area contributed by atoms with E-state index in [0.717, 1.165) is 18.1 Å². The Balaban J connectivity index is 2.16. The number of aliphatic hydroxyl groups excluding tert-OH is 1. The zero-order valence-electron chi connectivity index (χ0n) is 7.83. The molecule has 0 heterocycles. The maximum Gasteiger partial charge on any atom is 0.0576 e. The highest BCUT2D eigenvalue weighted by Crippen LogP contribution is 2.61. The highest BCUT2D eigenvalue weighted by atomic mass is 32.1. The molecule has 3 aliphatic carbocycles. The first-order valence-corrected chi connectivity index (χ1v) is 5.49. The molecule has 2 bridgehead atoms. The summed E-state index contributed by atoms with van der Waals surface area (Å²) in [6, 6.07) is 0. The summed E-state index contributed by atoms with van der Waals surface area (Å²) in [5, 5.41) is 9.82. The highest BCUT2D eigenvalue weighted by Gasteiger charge is 2.57. The molecule has 3 aliphatic rings. The van der Waals surface area contributed by atoms with Gasteiger partial charge in [0, 0.05) is 0 Å². The lowest BCUT2D eigenvalue weighted by Gasteiger charge is -2.61. The fourth-order valence-corrected chi connectivity index (χ4v) is 3.69. The van der Waals surface area contributed by atoms with Gasteiger partial charge >= 0.3 is 0 Å². The largest absolute Gasteiger partial charge is 0.393 e. The Hall–Kier alpha value is 0.310. The van der Waals surface area contributed by atoms with Crippen LogP contribution in [0.25, 0.3) is 0 Å². The van der Waals surface area contributed by atoms with Crippen LogP contribution in [0.4, 0.5) is 0 Å². The summed E-state index contributed by atoms with van der Waals surface area (Å²) in [7, 11) is 0. The molecule has 1 N–H and O–H groups in total. The Morgan fingerprint density at radius 1 is 1.33 bits per heavy atom. The van der Waals surface area contributed by atoms with Gasteiger partial charge in [-0.25, -0.2) is 0 Å². The van der Waals surface area contributed by atoms with Gasteiger partial charge in [0.25, 0.3) is 0 Å². The second-order valence-electron chi connectivity index (χ2n) is 5.02. The van der Waals surface area contributed by atoms with Crippen molar-refractivity contribution < 1.29 is 5.11 Å². The maximum absolute atomic E-state index is 9.82. The van der Waals surface area contributed by atoms with Crippen LogP contribution in [0.5, 0.6) is 0 Å². The van der Waals surface area contributed by atoms with Crippen molar-refractivity contribution in [2.75, 3.05) is 5.75 Å². The molecule has 0 aromatic heterocycles. The van der Waals surface area contributed by atoms with E-state index in [1.54, 1.807) is 0 Å². The summed E-state index contributed by atoms with van der Waals surface area (Å²) in [4.78, 5) is 0. The normalized spacial score (nSPS) is 50.0. The number of thiol groups is 1. The van der Waals surface area contributed by atoms with Gasteiger partial charge in [-0.2, -0.15) is 12.6 Å². The summed E-state index contributed by atoms with van der Waals surface area (Å²) in [5.41, 5.74) is 0.380. The fourth-order valence-electron chi connectivity index (χ4n) is 3.29. The molecule has 4 unspecified atom stereocenters. The molecule has 12 heavy (non-hydrogen) atoms. The zero-order valence-corrected chi connectivity index (χ0v) is 8.72.